The number of rotatable bonds is 4. The maximum absolute atomic E-state index is 12.5. The molecule has 1 fully saturated rings. The average molecular weight is 372 g/mol. The third kappa shape index (κ3) is 3.61. The van der Waals surface area contributed by atoms with Gasteiger partial charge in [-0.25, -0.2) is 8.42 Å². The van der Waals surface area contributed by atoms with E-state index in [-0.39, 0.29) is 5.92 Å². The highest BCUT2D eigenvalue weighted by Crippen LogP contribution is 2.33. The monoisotopic (exact) mass is 371 g/mol. The first-order chi connectivity index (χ1) is 11.0. The molecule has 0 amide bonds. The number of aliphatic hydroxyl groups is 1. The van der Waals surface area contributed by atoms with Gasteiger partial charge >= 0.3 is 0 Å². The van der Waals surface area contributed by atoms with E-state index in [1.807, 2.05) is 12.1 Å². The van der Waals surface area contributed by atoms with E-state index in [1.54, 1.807) is 29.0 Å². The van der Waals surface area contributed by atoms with Crippen LogP contribution in [0.3, 0.4) is 0 Å². The predicted octanol–water partition coefficient (Wildman–Crippen LogP) is 3.54. The highest BCUT2D eigenvalue weighted by atomic mass is 35.5. The van der Waals surface area contributed by atoms with Crippen LogP contribution in [-0.2, 0) is 10.0 Å². The van der Waals surface area contributed by atoms with E-state index in [0.29, 0.717) is 35.8 Å². The molecule has 1 N–H and O–H groups in total. The fourth-order valence-electron chi connectivity index (χ4n) is 2.91. The van der Waals surface area contributed by atoms with Gasteiger partial charge in [-0.2, -0.15) is 15.6 Å². The highest BCUT2D eigenvalue weighted by Gasteiger charge is 2.32. The molecule has 1 aliphatic heterocycles. The molecule has 4 nitrogen and oxygen atoms in total. The fourth-order valence-corrected chi connectivity index (χ4v) is 5.52. The summed E-state index contributed by atoms with van der Waals surface area (Å²) >= 11 is 7.24. The Morgan fingerprint density at radius 2 is 1.83 bits per heavy atom. The molecule has 0 radical (unpaired) electrons. The van der Waals surface area contributed by atoms with Crippen LogP contribution in [0.2, 0.25) is 5.02 Å². The van der Waals surface area contributed by atoms with Crippen molar-refractivity contribution in [2.75, 3.05) is 13.1 Å². The van der Waals surface area contributed by atoms with E-state index >= 15 is 0 Å². The van der Waals surface area contributed by atoms with Gasteiger partial charge in [-0.3, -0.25) is 0 Å². The van der Waals surface area contributed by atoms with Crippen molar-refractivity contribution in [2.24, 2.45) is 5.92 Å². The molecule has 1 unspecified atom stereocenters. The molecule has 7 heteroatoms. The molecule has 1 aliphatic rings. The minimum absolute atomic E-state index is 0.0603. The molecule has 1 aromatic heterocycles. The first kappa shape index (κ1) is 16.9. The molecule has 0 aliphatic carbocycles. The number of halogens is 1. The van der Waals surface area contributed by atoms with Gasteiger partial charge in [-0.1, -0.05) is 23.7 Å². The molecule has 2 heterocycles. The van der Waals surface area contributed by atoms with Gasteiger partial charge in [0, 0.05) is 23.5 Å². The quantitative estimate of drug-likeness (QED) is 0.894. The minimum Gasteiger partial charge on any atom is -0.388 e. The minimum atomic E-state index is -3.39. The number of benzene rings is 1. The molecule has 0 spiro atoms. The Hall–Kier alpha value is -0.920. The van der Waals surface area contributed by atoms with Crippen molar-refractivity contribution in [2.45, 2.75) is 23.8 Å². The molecule has 0 bridgehead atoms. The lowest BCUT2D eigenvalue weighted by Crippen LogP contribution is -2.39. The Kier molecular flexibility index (Phi) is 5.08. The molecule has 1 saturated heterocycles. The summed E-state index contributed by atoms with van der Waals surface area (Å²) in [4.78, 5) is 0.360. The van der Waals surface area contributed by atoms with Crippen LogP contribution < -0.4 is 0 Å². The van der Waals surface area contributed by atoms with Crippen LogP contribution in [0.25, 0.3) is 0 Å². The Labute approximate surface area is 145 Å². The Morgan fingerprint density at radius 1 is 1.17 bits per heavy atom. The summed E-state index contributed by atoms with van der Waals surface area (Å²) in [5, 5.41) is 14.6. The second kappa shape index (κ2) is 6.91. The van der Waals surface area contributed by atoms with Gasteiger partial charge in [-0.05, 0) is 47.9 Å². The molecule has 124 valence electrons. The van der Waals surface area contributed by atoms with E-state index in [2.05, 4.69) is 0 Å². The number of thiophene rings is 1. The first-order valence-electron chi connectivity index (χ1n) is 7.44. The first-order valence-corrected chi connectivity index (χ1v) is 10.2. The Bertz CT molecular complexity index is 736. The molecular weight excluding hydrogens is 354 g/mol. The molecular formula is C16H18ClNO3S2. The van der Waals surface area contributed by atoms with Crippen molar-refractivity contribution >= 4 is 33.0 Å². The Balaban J connectivity index is 1.65. The second-order valence-corrected chi connectivity index (χ2v) is 8.85. The maximum Gasteiger partial charge on any atom is 0.243 e. The number of hydrogen-bond donors (Lipinski definition) is 1. The van der Waals surface area contributed by atoms with E-state index < -0.39 is 16.1 Å². The van der Waals surface area contributed by atoms with Gasteiger partial charge in [0.1, 0.15) is 0 Å². The molecule has 0 saturated carbocycles. The van der Waals surface area contributed by atoms with E-state index in [4.69, 9.17) is 11.6 Å². The third-order valence-corrected chi connectivity index (χ3v) is 7.27. The van der Waals surface area contributed by atoms with E-state index in [0.717, 1.165) is 5.56 Å². The fraction of sp³-hybridized carbons (Fsp3) is 0.375. The summed E-state index contributed by atoms with van der Waals surface area (Å²) in [6.07, 6.45) is 0.707. The van der Waals surface area contributed by atoms with Crippen LogP contribution in [0.1, 0.15) is 24.5 Å². The second-order valence-electron chi connectivity index (χ2n) is 5.70. The molecule has 1 aromatic carbocycles. The Morgan fingerprint density at radius 3 is 2.39 bits per heavy atom. The van der Waals surface area contributed by atoms with Gasteiger partial charge in [0.15, 0.2) is 0 Å². The van der Waals surface area contributed by atoms with Crippen LogP contribution in [0.15, 0.2) is 46.0 Å². The highest BCUT2D eigenvalue weighted by molar-refractivity contribution is 7.89. The van der Waals surface area contributed by atoms with Crippen molar-refractivity contribution < 1.29 is 13.5 Å². The van der Waals surface area contributed by atoms with Gasteiger partial charge in [0.25, 0.3) is 0 Å². The van der Waals surface area contributed by atoms with E-state index in [9.17, 15) is 13.5 Å². The third-order valence-electron chi connectivity index (χ3n) is 4.29. The topological polar surface area (TPSA) is 57.6 Å². The summed E-state index contributed by atoms with van der Waals surface area (Å²) in [6.45, 7) is 0.876. The lowest BCUT2D eigenvalue weighted by Gasteiger charge is -2.33. The number of sulfonamides is 1. The van der Waals surface area contributed by atoms with Gasteiger partial charge < -0.3 is 5.11 Å². The zero-order valence-electron chi connectivity index (χ0n) is 12.4. The summed E-state index contributed by atoms with van der Waals surface area (Å²) in [6, 6.07) is 8.80. The van der Waals surface area contributed by atoms with Crippen LogP contribution in [0.5, 0.6) is 0 Å². The number of hydrogen-bond acceptors (Lipinski definition) is 4. The van der Waals surface area contributed by atoms with Crippen LogP contribution in [-0.4, -0.2) is 30.9 Å². The number of aliphatic hydroxyl groups excluding tert-OH is 1. The standard InChI is InChI=1S/C16H18ClNO3S2/c17-14-3-1-12(2-4-14)16(19)13-5-8-18(9-6-13)23(20,21)15-7-10-22-11-15/h1-4,7,10-11,13,16,19H,5-6,8-9H2. The van der Waals surface area contributed by atoms with Gasteiger partial charge in [0.05, 0.1) is 11.0 Å². The zero-order chi connectivity index (χ0) is 16.4. The van der Waals surface area contributed by atoms with Crippen LogP contribution >= 0.6 is 22.9 Å². The van der Waals surface area contributed by atoms with Crippen molar-refractivity contribution in [1.82, 2.24) is 4.31 Å². The SMILES string of the molecule is O=S(=O)(c1ccsc1)N1CCC(C(O)c2ccc(Cl)cc2)CC1. The van der Waals surface area contributed by atoms with Crippen molar-refractivity contribution in [3.8, 4) is 0 Å². The molecule has 2 aromatic rings. The smallest absolute Gasteiger partial charge is 0.243 e. The lowest BCUT2D eigenvalue weighted by molar-refractivity contribution is 0.0760. The maximum atomic E-state index is 12.5. The summed E-state index contributed by atoms with van der Waals surface area (Å²) in [5.41, 5.74) is 0.827. The van der Waals surface area contributed by atoms with E-state index in [1.165, 1.54) is 15.6 Å². The zero-order valence-corrected chi connectivity index (χ0v) is 14.8. The van der Waals surface area contributed by atoms with Crippen molar-refractivity contribution in [1.29, 1.82) is 0 Å². The number of piperidine rings is 1. The predicted molar refractivity (Wildman–Crippen MR) is 92.2 cm³/mol. The summed E-state index contributed by atoms with van der Waals surface area (Å²) in [7, 11) is -3.39. The lowest BCUT2D eigenvalue weighted by atomic mass is 9.88. The summed E-state index contributed by atoms with van der Waals surface area (Å²) in [5.74, 6) is 0.0603. The molecule has 23 heavy (non-hydrogen) atoms. The van der Waals surface area contributed by atoms with Crippen LogP contribution in [0, 0.1) is 5.92 Å². The van der Waals surface area contributed by atoms with Crippen molar-refractivity contribution in [3.63, 3.8) is 0 Å². The normalized spacial score (nSPS) is 18.9. The largest absolute Gasteiger partial charge is 0.388 e. The number of nitrogens with zero attached hydrogens (tertiary/aromatic N) is 1. The van der Waals surface area contributed by atoms with Crippen molar-refractivity contribution in [3.05, 3.63) is 51.7 Å². The average Bonchev–Trinajstić information content (AvgIpc) is 3.10. The van der Waals surface area contributed by atoms with Gasteiger partial charge in [-0.15, -0.1) is 0 Å². The summed E-state index contributed by atoms with van der Waals surface area (Å²) < 4.78 is 26.5. The van der Waals surface area contributed by atoms with Crippen LogP contribution in [0.4, 0.5) is 0 Å². The molecule has 3 rings (SSSR count). The molecule has 1 atom stereocenters. The van der Waals surface area contributed by atoms with Gasteiger partial charge in [0.2, 0.25) is 10.0 Å².